The number of aromatic amines is 1. The third kappa shape index (κ3) is 2.53. The van der Waals surface area contributed by atoms with Gasteiger partial charge in [-0.1, -0.05) is 0 Å². The Morgan fingerprint density at radius 1 is 1.41 bits per heavy atom. The monoisotopic (exact) mass is 300 g/mol. The van der Waals surface area contributed by atoms with Gasteiger partial charge < -0.3 is 25.1 Å². The van der Waals surface area contributed by atoms with E-state index in [1.54, 1.807) is 25.4 Å². The van der Waals surface area contributed by atoms with E-state index >= 15 is 0 Å². The molecule has 3 heterocycles. The lowest BCUT2D eigenvalue weighted by Crippen LogP contribution is -2.16. The molecule has 114 valence electrons. The Morgan fingerprint density at radius 3 is 3.05 bits per heavy atom. The van der Waals surface area contributed by atoms with Crippen molar-refractivity contribution in [3.63, 3.8) is 0 Å². The number of rotatable bonds is 5. The Kier molecular flexibility index (Phi) is 3.80. The number of carbonyl (C=O) groups is 1. The van der Waals surface area contributed by atoms with Gasteiger partial charge >= 0.3 is 0 Å². The van der Waals surface area contributed by atoms with Crippen LogP contribution in [0.25, 0.3) is 22.4 Å². The third-order valence-electron chi connectivity index (χ3n) is 3.27. The Morgan fingerprint density at radius 2 is 2.27 bits per heavy atom. The number of nitrogens with zero attached hydrogens (tertiary/aromatic N) is 1. The molecule has 3 aromatic rings. The fourth-order valence-corrected chi connectivity index (χ4v) is 2.24. The summed E-state index contributed by atoms with van der Waals surface area (Å²) >= 11 is 0. The summed E-state index contributed by atoms with van der Waals surface area (Å²) in [5.74, 6) is 1.18. The molecule has 0 saturated carbocycles. The van der Waals surface area contributed by atoms with E-state index in [9.17, 15) is 4.79 Å². The first kappa shape index (κ1) is 14.2. The molecule has 0 radical (unpaired) electrons. The zero-order valence-corrected chi connectivity index (χ0v) is 12.0. The van der Waals surface area contributed by atoms with Gasteiger partial charge in [0.25, 0.3) is 5.91 Å². The van der Waals surface area contributed by atoms with Gasteiger partial charge in [-0.05, 0) is 24.3 Å². The molecule has 22 heavy (non-hydrogen) atoms. The number of hydrogen-bond acceptors (Lipinski definition) is 5. The normalized spacial score (nSPS) is 10.8. The smallest absolute Gasteiger partial charge is 0.286 e. The number of fused-ring (bicyclic) bond motifs is 1. The predicted molar refractivity (Wildman–Crippen MR) is 82.8 cm³/mol. The molecule has 7 heteroatoms. The quantitative estimate of drug-likeness (QED) is 0.573. The number of aliphatic hydroxyl groups excluding tert-OH is 1. The van der Waals surface area contributed by atoms with Crippen LogP contribution in [0.3, 0.4) is 0 Å². The maximum atomic E-state index is 11.6. The van der Waals surface area contributed by atoms with Crippen LogP contribution in [-0.2, 0) is 0 Å². The Hall–Kier alpha value is -2.80. The zero-order chi connectivity index (χ0) is 15.5. The second-order valence-electron chi connectivity index (χ2n) is 4.69. The van der Waals surface area contributed by atoms with Crippen LogP contribution in [0.2, 0.25) is 0 Å². The summed E-state index contributed by atoms with van der Waals surface area (Å²) in [4.78, 5) is 19.1. The molecule has 7 nitrogen and oxygen atoms in total. The van der Waals surface area contributed by atoms with Crippen molar-refractivity contribution in [3.8, 4) is 11.3 Å². The van der Waals surface area contributed by atoms with Crippen molar-refractivity contribution in [2.45, 2.75) is 0 Å². The minimum atomic E-state index is -0.274. The van der Waals surface area contributed by atoms with Gasteiger partial charge in [-0.25, -0.2) is 4.98 Å². The second kappa shape index (κ2) is 5.90. The van der Waals surface area contributed by atoms with Crippen molar-refractivity contribution in [3.05, 3.63) is 36.2 Å². The SMILES string of the molecule is CNC(=O)c1ccc(-c2cc(NCCO)nc3[nH]ccc23)o1. The Labute approximate surface area is 126 Å². The summed E-state index contributed by atoms with van der Waals surface area (Å²) in [5, 5.41) is 15.4. The number of furan rings is 1. The molecule has 4 N–H and O–H groups in total. The molecule has 0 saturated heterocycles. The number of pyridine rings is 1. The molecular weight excluding hydrogens is 284 g/mol. The minimum absolute atomic E-state index is 0.0152. The molecule has 0 aliphatic heterocycles. The number of aromatic nitrogens is 2. The highest BCUT2D eigenvalue weighted by atomic mass is 16.3. The van der Waals surface area contributed by atoms with Crippen LogP contribution in [0.1, 0.15) is 10.6 Å². The molecule has 1 amide bonds. The standard InChI is InChI=1S/C15H16N4O3/c1-16-15(21)12-3-2-11(22-12)10-8-13(17-6-7-20)19-14-9(10)4-5-18-14/h2-5,8,20H,6-7H2,1H3,(H,16,21)(H2,17,18,19). The highest BCUT2D eigenvalue weighted by Crippen LogP contribution is 2.31. The number of hydrogen-bond donors (Lipinski definition) is 4. The first-order valence-electron chi connectivity index (χ1n) is 6.88. The number of anilines is 1. The highest BCUT2D eigenvalue weighted by Gasteiger charge is 2.14. The predicted octanol–water partition coefficient (Wildman–Crippen LogP) is 1.59. The van der Waals surface area contributed by atoms with Gasteiger partial charge in [-0.3, -0.25) is 4.79 Å². The van der Waals surface area contributed by atoms with Crippen molar-refractivity contribution < 1.29 is 14.3 Å². The van der Waals surface area contributed by atoms with Crippen LogP contribution >= 0.6 is 0 Å². The molecule has 0 aromatic carbocycles. The van der Waals surface area contributed by atoms with Crippen LogP contribution in [0.4, 0.5) is 5.82 Å². The Balaban J connectivity index is 2.06. The molecule has 0 fully saturated rings. The summed E-state index contributed by atoms with van der Waals surface area (Å²) in [7, 11) is 1.55. The summed E-state index contributed by atoms with van der Waals surface area (Å²) in [5.41, 5.74) is 1.53. The fraction of sp³-hybridized carbons (Fsp3) is 0.200. The van der Waals surface area contributed by atoms with E-state index < -0.39 is 0 Å². The van der Waals surface area contributed by atoms with Crippen molar-refractivity contribution in [2.75, 3.05) is 25.5 Å². The van der Waals surface area contributed by atoms with Gasteiger partial charge in [0.15, 0.2) is 5.76 Å². The number of H-pyrrole nitrogens is 1. The summed E-state index contributed by atoms with van der Waals surface area (Å²) < 4.78 is 5.63. The Bertz CT molecular complexity index is 806. The number of nitrogens with one attached hydrogen (secondary N) is 3. The van der Waals surface area contributed by atoms with Crippen molar-refractivity contribution in [1.82, 2.24) is 15.3 Å². The van der Waals surface area contributed by atoms with E-state index in [2.05, 4.69) is 20.6 Å². The van der Waals surface area contributed by atoms with E-state index in [0.29, 0.717) is 23.8 Å². The summed E-state index contributed by atoms with van der Waals surface area (Å²) in [6.45, 7) is 0.418. The van der Waals surface area contributed by atoms with Crippen LogP contribution in [0, 0.1) is 0 Å². The summed E-state index contributed by atoms with van der Waals surface area (Å²) in [6.07, 6.45) is 1.79. The average Bonchev–Trinajstić information content (AvgIpc) is 3.20. The lowest BCUT2D eigenvalue weighted by molar-refractivity contribution is 0.0936. The van der Waals surface area contributed by atoms with Gasteiger partial charge in [-0.15, -0.1) is 0 Å². The largest absolute Gasteiger partial charge is 0.451 e. The molecule has 0 unspecified atom stereocenters. The molecule has 0 aliphatic rings. The first-order valence-corrected chi connectivity index (χ1v) is 6.88. The van der Waals surface area contributed by atoms with E-state index in [0.717, 1.165) is 10.9 Å². The van der Waals surface area contributed by atoms with Crippen molar-refractivity contribution in [1.29, 1.82) is 0 Å². The van der Waals surface area contributed by atoms with Crippen LogP contribution in [-0.4, -0.2) is 41.2 Å². The van der Waals surface area contributed by atoms with Gasteiger partial charge in [0.2, 0.25) is 0 Å². The van der Waals surface area contributed by atoms with Gasteiger partial charge in [-0.2, -0.15) is 0 Å². The third-order valence-corrected chi connectivity index (χ3v) is 3.27. The van der Waals surface area contributed by atoms with E-state index in [1.165, 1.54) is 0 Å². The lowest BCUT2D eigenvalue weighted by Gasteiger charge is -2.07. The molecule has 0 aliphatic carbocycles. The molecule has 0 spiro atoms. The highest BCUT2D eigenvalue weighted by molar-refractivity contribution is 5.95. The van der Waals surface area contributed by atoms with Crippen LogP contribution in [0.15, 0.2) is 34.9 Å². The molecule has 0 atom stereocenters. The maximum Gasteiger partial charge on any atom is 0.286 e. The molecular formula is C15H16N4O3. The van der Waals surface area contributed by atoms with Crippen molar-refractivity contribution in [2.24, 2.45) is 0 Å². The summed E-state index contributed by atoms with van der Waals surface area (Å²) in [6, 6.07) is 7.12. The average molecular weight is 300 g/mol. The number of amides is 1. The molecule has 3 rings (SSSR count). The molecule has 0 bridgehead atoms. The van der Waals surface area contributed by atoms with Crippen molar-refractivity contribution >= 4 is 22.8 Å². The topological polar surface area (TPSA) is 103 Å². The molecule has 3 aromatic heterocycles. The number of carbonyl (C=O) groups excluding carboxylic acids is 1. The van der Waals surface area contributed by atoms with Crippen LogP contribution in [0.5, 0.6) is 0 Å². The maximum absolute atomic E-state index is 11.6. The van der Waals surface area contributed by atoms with Gasteiger partial charge in [0.1, 0.15) is 17.2 Å². The van der Waals surface area contributed by atoms with E-state index in [1.807, 2.05) is 12.1 Å². The lowest BCUT2D eigenvalue weighted by atomic mass is 10.1. The van der Waals surface area contributed by atoms with E-state index in [-0.39, 0.29) is 18.3 Å². The first-order chi connectivity index (χ1) is 10.7. The second-order valence-corrected chi connectivity index (χ2v) is 4.69. The van der Waals surface area contributed by atoms with Crippen LogP contribution < -0.4 is 10.6 Å². The fourth-order valence-electron chi connectivity index (χ4n) is 2.24. The minimum Gasteiger partial charge on any atom is -0.451 e. The van der Waals surface area contributed by atoms with Gasteiger partial charge in [0.05, 0.1) is 6.61 Å². The zero-order valence-electron chi connectivity index (χ0n) is 12.0. The van der Waals surface area contributed by atoms with Gasteiger partial charge in [0, 0.05) is 30.7 Å². The van der Waals surface area contributed by atoms with E-state index in [4.69, 9.17) is 9.52 Å². The number of aliphatic hydroxyl groups is 1.